The van der Waals surface area contributed by atoms with Gasteiger partial charge < -0.3 is 5.11 Å². The minimum Gasteiger partial charge on any atom is -0.387 e. The first-order valence-electron chi connectivity index (χ1n) is 7.61. The lowest BCUT2D eigenvalue weighted by atomic mass is 10.0. The number of aliphatic hydroxyl groups excluding tert-OH is 1. The minimum atomic E-state index is -0.356. The molecule has 0 aromatic heterocycles. The zero-order valence-corrected chi connectivity index (χ0v) is 12.5. The van der Waals surface area contributed by atoms with Crippen LogP contribution in [0.3, 0.4) is 0 Å². The first-order chi connectivity index (χ1) is 9.10. The normalized spacial score (nSPS) is 17.2. The van der Waals surface area contributed by atoms with Crippen LogP contribution in [-0.4, -0.2) is 29.1 Å². The Labute approximate surface area is 117 Å². The van der Waals surface area contributed by atoms with E-state index in [1.807, 2.05) is 0 Å². The van der Waals surface area contributed by atoms with Crippen molar-refractivity contribution in [2.24, 2.45) is 5.92 Å². The second-order valence-corrected chi connectivity index (χ2v) is 6.19. The first kappa shape index (κ1) is 14.5. The summed E-state index contributed by atoms with van der Waals surface area (Å²) in [4.78, 5) is 2.46. The molecular formula is C17H27NO. The summed E-state index contributed by atoms with van der Waals surface area (Å²) in [6.45, 7) is 8.52. The molecule has 2 rings (SSSR count). The highest BCUT2D eigenvalue weighted by molar-refractivity contribution is 5.24. The van der Waals surface area contributed by atoms with Gasteiger partial charge in [-0.15, -0.1) is 0 Å². The number of nitrogens with zero attached hydrogens (tertiary/aromatic N) is 1. The Bertz CT molecular complexity index is 381. The second kappa shape index (κ2) is 6.53. The highest BCUT2D eigenvalue weighted by Gasteiger charge is 2.30. The van der Waals surface area contributed by atoms with E-state index in [1.54, 1.807) is 0 Å². The summed E-state index contributed by atoms with van der Waals surface area (Å²) in [5.41, 5.74) is 2.38. The molecule has 0 aliphatic heterocycles. The second-order valence-electron chi connectivity index (χ2n) is 6.19. The van der Waals surface area contributed by atoms with Gasteiger partial charge in [0.25, 0.3) is 0 Å². The third-order valence-electron chi connectivity index (χ3n) is 3.84. The third-order valence-corrected chi connectivity index (χ3v) is 3.84. The Kier molecular flexibility index (Phi) is 5.00. The van der Waals surface area contributed by atoms with E-state index >= 15 is 0 Å². The number of aryl methyl sites for hydroxylation is 1. The van der Waals surface area contributed by atoms with Gasteiger partial charge in [0, 0.05) is 19.1 Å². The van der Waals surface area contributed by atoms with E-state index in [2.05, 4.69) is 49.9 Å². The molecule has 2 nitrogen and oxygen atoms in total. The van der Waals surface area contributed by atoms with Gasteiger partial charge >= 0.3 is 0 Å². The lowest BCUT2D eigenvalue weighted by molar-refractivity contribution is 0.101. The van der Waals surface area contributed by atoms with Crippen LogP contribution in [0.1, 0.15) is 50.8 Å². The van der Waals surface area contributed by atoms with Crippen molar-refractivity contribution in [2.75, 3.05) is 13.1 Å². The molecule has 0 bridgehead atoms. The fourth-order valence-corrected chi connectivity index (χ4v) is 2.58. The summed E-state index contributed by atoms with van der Waals surface area (Å²) in [6.07, 6.45) is 3.30. The van der Waals surface area contributed by atoms with Gasteiger partial charge in [-0.2, -0.15) is 0 Å². The summed E-state index contributed by atoms with van der Waals surface area (Å²) in [5, 5.41) is 10.4. The van der Waals surface area contributed by atoms with Gasteiger partial charge in [0.2, 0.25) is 0 Å². The van der Waals surface area contributed by atoms with Crippen molar-refractivity contribution < 1.29 is 5.11 Å². The maximum Gasteiger partial charge on any atom is 0.0917 e. The molecule has 1 aliphatic rings. The summed E-state index contributed by atoms with van der Waals surface area (Å²) in [7, 11) is 0. The minimum absolute atomic E-state index is 0.356. The first-order valence-corrected chi connectivity index (χ1v) is 7.61. The Hall–Kier alpha value is -0.860. The zero-order valence-electron chi connectivity index (χ0n) is 12.5. The van der Waals surface area contributed by atoms with Crippen LogP contribution in [0.2, 0.25) is 0 Å². The molecule has 0 spiro atoms. The molecule has 19 heavy (non-hydrogen) atoms. The highest BCUT2D eigenvalue weighted by atomic mass is 16.3. The molecule has 0 heterocycles. The largest absolute Gasteiger partial charge is 0.387 e. The number of hydrogen-bond acceptors (Lipinski definition) is 2. The molecule has 1 aliphatic carbocycles. The number of hydrogen-bond donors (Lipinski definition) is 1. The fourth-order valence-electron chi connectivity index (χ4n) is 2.58. The van der Waals surface area contributed by atoms with Crippen LogP contribution in [-0.2, 0) is 6.42 Å². The van der Waals surface area contributed by atoms with Gasteiger partial charge in [-0.25, -0.2) is 0 Å². The zero-order chi connectivity index (χ0) is 13.8. The van der Waals surface area contributed by atoms with Crippen molar-refractivity contribution in [2.45, 2.75) is 52.2 Å². The van der Waals surface area contributed by atoms with Crippen molar-refractivity contribution in [1.29, 1.82) is 0 Å². The predicted octanol–water partition coefficient (Wildman–Crippen LogP) is 3.40. The number of aliphatic hydroxyl groups is 1. The quantitative estimate of drug-likeness (QED) is 0.813. The van der Waals surface area contributed by atoms with Crippen LogP contribution in [0.5, 0.6) is 0 Å². The van der Waals surface area contributed by atoms with Crippen LogP contribution in [0.15, 0.2) is 24.3 Å². The smallest absolute Gasteiger partial charge is 0.0917 e. The standard InChI is InChI=1S/C17H27NO/c1-4-14-5-7-15(8-6-14)17(19)12-18(11-13(2)3)16-9-10-16/h5-8,13,16-17,19H,4,9-12H2,1-3H3. The monoisotopic (exact) mass is 261 g/mol. The van der Waals surface area contributed by atoms with Crippen molar-refractivity contribution in [3.8, 4) is 0 Å². The van der Waals surface area contributed by atoms with Gasteiger partial charge in [0.05, 0.1) is 6.10 Å². The van der Waals surface area contributed by atoms with Gasteiger partial charge in [-0.1, -0.05) is 45.0 Å². The molecule has 106 valence electrons. The van der Waals surface area contributed by atoms with E-state index in [0.29, 0.717) is 12.0 Å². The molecule has 1 fully saturated rings. The highest BCUT2D eigenvalue weighted by Crippen LogP contribution is 2.29. The maximum absolute atomic E-state index is 10.4. The number of benzene rings is 1. The number of rotatable bonds is 7. The molecule has 0 amide bonds. The SMILES string of the molecule is CCc1ccc(C(O)CN(CC(C)C)C2CC2)cc1. The lowest BCUT2D eigenvalue weighted by Gasteiger charge is -2.26. The Morgan fingerprint density at radius 1 is 1.16 bits per heavy atom. The lowest BCUT2D eigenvalue weighted by Crippen LogP contribution is -2.33. The van der Waals surface area contributed by atoms with E-state index in [-0.39, 0.29) is 6.10 Å². The van der Waals surface area contributed by atoms with Crippen LogP contribution in [0.25, 0.3) is 0 Å². The van der Waals surface area contributed by atoms with E-state index in [4.69, 9.17) is 0 Å². The van der Waals surface area contributed by atoms with Gasteiger partial charge in [-0.3, -0.25) is 4.90 Å². The molecule has 1 aromatic carbocycles. The van der Waals surface area contributed by atoms with Crippen molar-refractivity contribution in [3.05, 3.63) is 35.4 Å². The van der Waals surface area contributed by atoms with E-state index in [9.17, 15) is 5.11 Å². The predicted molar refractivity (Wildman–Crippen MR) is 80.2 cm³/mol. The topological polar surface area (TPSA) is 23.5 Å². The van der Waals surface area contributed by atoms with Crippen LogP contribution < -0.4 is 0 Å². The molecular weight excluding hydrogens is 234 g/mol. The average molecular weight is 261 g/mol. The molecule has 1 saturated carbocycles. The van der Waals surface area contributed by atoms with Crippen LogP contribution in [0.4, 0.5) is 0 Å². The van der Waals surface area contributed by atoms with Crippen LogP contribution >= 0.6 is 0 Å². The summed E-state index contributed by atoms with van der Waals surface area (Å²) >= 11 is 0. The molecule has 0 radical (unpaired) electrons. The third kappa shape index (κ3) is 4.32. The van der Waals surface area contributed by atoms with Crippen molar-refractivity contribution >= 4 is 0 Å². The molecule has 0 saturated heterocycles. The Morgan fingerprint density at radius 2 is 1.79 bits per heavy atom. The van der Waals surface area contributed by atoms with Gasteiger partial charge in [0.15, 0.2) is 0 Å². The van der Waals surface area contributed by atoms with Crippen molar-refractivity contribution in [1.82, 2.24) is 4.90 Å². The molecule has 1 unspecified atom stereocenters. The molecule has 1 N–H and O–H groups in total. The van der Waals surface area contributed by atoms with Crippen molar-refractivity contribution in [3.63, 3.8) is 0 Å². The molecule has 1 atom stereocenters. The molecule has 2 heteroatoms. The fraction of sp³-hybridized carbons (Fsp3) is 0.647. The average Bonchev–Trinajstić information content (AvgIpc) is 3.21. The summed E-state index contributed by atoms with van der Waals surface area (Å²) < 4.78 is 0. The Morgan fingerprint density at radius 3 is 2.26 bits per heavy atom. The van der Waals surface area contributed by atoms with Crippen LogP contribution in [0, 0.1) is 5.92 Å². The summed E-state index contributed by atoms with van der Waals surface area (Å²) in [5.74, 6) is 0.662. The van der Waals surface area contributed by atoms with Gasteiger partial charge in [0.1, 0.15) is 0 Å². The Balaban J connectivity index is 1.95. The molecule has 1 aromatic rings. The van der Waals surface area contributed by atoms with E-state index in [0.717, 1.165) is 25.1 Å². The van der Waals surface area contributed by atoms with Gasteiger partial charge in [-0.05, 0) is 36.3 Å². The van der Waals surface area contributed by atoms with E-state index in [1.165, 1.54) is 18.4 Å². The maximum atomic E-state index is 10.4. The summed E-state index contributed by atoms with van der Waals surface area (Å²) in [6, 6.07) is 9.12. The van der Waals surface area contributed by atoms with E-state index < -0.39 is 0 Å².